The molecular weight excluding hydrogens is 310 g/mol. The third-order valence-corrected chi connectivity index (χ3v) is 3.42. The van der Waals surface area contributed by atoms with E-state index in [0.29, 0.717) is 10.7 Å². The molecule has 0 bridgehead atoms. The number of pyridine rings is 1. The molecule has 0 radical (unpaired) electrons. The molecule has 2 nitrogen and oxygen atoms in total. The minimum atomic E-state index is 0.586. The van der Waals surface area contributed by atoms with E-state index in [4.69, 9.17) is 18.2 Å². The Hall–Kier alpha value is -0.860. The number of fused-ring (bicyclic) bond motifs is 1. The van der Waals surface area contributed by atoms with E-state index in [1.165, 1.54) is 0 Å². The molecule has 0 aliphatic heterocycles. The molecule has 0 fully saturated rings. The van der Waals surface area contributed by atoms with Gasteiger partial charge in [0.1, 0.15) is 0 Å². The van der Waals surface area contributed by atoms with Crippen molar-refractivity contribution in [3.63, 3.8) is 0 Å². The van der Waals surface area contributed by atoms with Crippen LogP contribution < -0.4 is 0 Å². The fraction of sp³-hybridized carbons (Fsp3) is 0. The van der Waals surface area contributed by atoms with Crippen LogP contribution in [0, 0.1) is 10.1 Å². The van der Waals surface area contributed by atoms with E-state index >= 15 is 0 Å². The van der Waals surface area contributed by atoms with Crippen molar-refractivity contribution in [1.29, 1.82) is 0 Å². The van der Waals surface area contributed by atoms with Crippen molar-refractivity contribution >= 4 is 50.8 Å². The summed E-state index contributed by atoms with van der Waals surface area (Å²) in [6.07, 6.45) is 1.72. The first-order valence-electron chi connectivity index (χ1n) is 3.83. The number of nitrogens with zero attached hydrogens (tertiary/aromatic N) is 2. The van der Waals surface area contributed by atoms with Crippen LogP contribution in [-0.2, 0) is 0 Å². The lowest BCUT2D eigenvalue weighted by Crippen LogP contribution is -1.82. The van der Waals surface area contributed by atoms with Gasteiger partial charge in [0.25, 0.3) is 0 Å². The van der Waals surface area contributed by atoms with Gasteiger partial charge in [-0.05, 0) is 34.7 Å². The van der Waals surface area contributed by atoms with Crippen LogP contribution in [-0.4, -0.2) is 4.98 Å². The Morgan fingerprint density at radius 1 is 1.43 bits per heavy atom. The van der Waals surface area contributed by atoms with Crippen LogP contribution in [0.2, 0.25) is 5.02 Å². The van der Waals surface area contributed by atoms with Gasteiger partial charge in [0.05, 0.1) is 20.7 Å². The SMILES string of the molecule is [C-]#[N+]c1ccc2ncc(I)c(Cl)c2c1. The van der Waals surface area contributed by atoms with Crippen LogP contribution in [0.25, 0.3) is 15.7 Å². The number of rotatable bonds is 0. The van der Waals surface area contributed by atoms with E-state index in [1.807, 2.05) is 6.07 Å². The van der Waals surface area contributed by atoms with Crippen LogP contribution in [0.3, 0.4) is 0 Å². The molecule has 0 unspecified atom stereocenters. The van der Waals surface area contributed by atoms with Gasteiger partial charge in [0, 0.05) is 11.6 Å². The Kier molecular flexibility index (Phi) is 2.57. The van der Waals surface area contributed by atoms with Crippen LogP contribution in [0.15, 0.2) is 24.4 Å². The number of benzene rings is 1. The lowest BCUT2D eigenvalue weighted by atomic mass is 10.2. The minimum Gasteiger partial charge on any atom is -0.255 e. The van der Waals surface area contributed by atoms with Gasteiger partial charge in [-0.25, -0.2) is 4.85 Å². The highest BCUT2D eigenvalue weighted by Crippen LogP contribution is 2.29. The molecule has 1 aromatic carbocycles. The summed E-state index contributed by atoms with van der Waals surface area (Å²) in [5, 5.41) is 1.51. The second-order valence-electron chi connectivity index (χ2n) is 2.73. The topological polar surface area (TPSA) is 17.2 Å². The van der Waals surface area contributed by atoms with Crippen LogP contribution in [0.4, 0.5) is 5.69 Å². The highest BCUT2D eigenvalue weighted by molar-refractivity contribution is 14.1. The van der Waals surface area contributed by atoms with Crippen molar-refractivity contribution in [3.8, 4) is 0 Å². The highest BCUT2D eigenvalue weighted by Gasteiger charge is 2.04. The second kappa shape index (κ2) is 3.71. The number of hydrogen-bond donors (Lipinski definition) is 0. The summed E-state index contributed by atoms with van der Waals surface area (Å²) < 4.78 is 0.902. The molecule has 0 saturated heterocycles. The first kappa shape index (κ1) is 9.69. The van der Waals surface area contributed by atoms with Gasteiger partial charge >= 0.3 is 0 Å². The number of hydrogen-bond acceptors (Lipinski definition) is 1. The average molecular weight is 315 g/mol. The van der Waals surface area contributed by atoms with Gasteiger partial charge in [0.15, 0.2) is 5.69 Å². The third kappa shape index (κ3) is 1.56. The van der Waals surface area contributed by atoms with Crippen molar-refractivity contribution in [2.24, 2.45) is 0 Å². The molecule has 0 aliphatic carbocycles. The Balaban J connectivity index is 2.86. The summed E-state index contributed by atoms with van der Waals surface area (Å²) >= 11 is 8.23. The molecule has 1 aromatic heterocycles. The summed E-state index contributed by atoms with van der Waals surface area (Å²) in [6, 6.07) is 5.32. The Labute approximate surface area is 99.9 Å². The van der Waals surface area contributed by atoms with Crippen LogP contribution in [0.1, 0.15) is 0 Å². The van der Waals surface area contributed by atoms with Crippen LogP contribution in [0.5, 0.6) is 0 Å². The van der Waals surface area contributed by atoms with E-state index in [2.05, 4.69) is 32.4 Å². The first-order valence-corrected chi connectivity index (χ1v) is 5.29. The van der Waals surface area contributed by atoms with Gasteiger partial charge in [-0.3, -0.25) is 4.98 Å². The fourth-order valence-electron chi connectivity index (χ4n) is 1.19. The molecule has 1 heterocycles. The molecule has 0 atom stereocenters. The maximum Gasteiger partial charge on any atom is 0.188 e. The van der Waals surface area contributed by atoms with E-state index in [0.717, 1.165) is 14.5 Å². The predicted molar refractivity (Wildman–Crippen MR) is 65.7 cm³/mol. The predicted octanol–water partition coefficient (Wildman–Crippen LogP) is 4.04. The fourth-order valence-corrected chi connectivity index (χ4v) is 1.82. The summed E-state index contributed by atoms with van der Waals surface area (Å²) in [5.74, 6) is 0. The zero-order valence-electron chi connectivity index (χ0n) is 6.96. The maximum absolute atomic E-state index is 6.90. The molecule has 0 aliphatic rings. The molecule has 0 N–H and O–H groups in total. The van der Waals surface area contributed by atoms with E-state index in [-0.39, 0.29) is 0 Å². The smallest absolute Gasteiger partial charge is 0.188 e. The van der Waals surface area contributed by atoms with Gasteiger partial charge in [0.2, 0.25) is 0 Å². The lowest BCUT2D eigenvalue weighted by Gasteiger charge is -2.01. The highest BCUT2D eigenvalue weighted by atomic mass is 127. The molecule has 14 heavy (non-hydrogen) atoms. The van der Waals surface area contributed by atoms with Crippen molar-refractivity contribution in [3.05, 3.63) is 44.4 Å². The quantitative estimate of drug-likeness (QED) is 0.530. The van der Waals surface area contributed by atoms with Crippen molar-refractivity contribution in [2.75, 3.05) is 0 Å². The van der Waals surface area contributed by atoms with Gasteiger partial charge in [-0.1, -0.05) is 17.7 Å². The largest absolute Gasteiger partial charge is 0.255 e. The normalized spacial score (nSPS) is 10.1. The van der Waals surface area contributed by atoms with Crippen molar-refractivity contribution < 1.29 is 0 Å². The zero-order valence-corrected chi connectivity index (χ0v) is 9.87. The van der Waals surface area contributed by atoms with E-state index in [9.17, 15) is 0 Å². The molecule has 0 saturated carbocycles. The number of halogens is 2. The zero-order chi connectivity index (χ0) is 10.1. The van der Waals surface area contributed by atoms with Crippen molar-refractivity contribution in [1.82, 2.24) is 4.98 Å². The standard InChI is InChI=1S/C10H4ClIN2/c1-13-6-2-3-9-7(4-6)10(11)8(12)5-14-9/h2-5H. The summed E-state index contributed by atoms with van der Waals surface area (Å²) in [7, 11) is 0. The van der Waals surface area contributed by atoms with Crippen LogP contribution >= 0.6 is 34.2 Å². The first-order chi connectivity index (χ1) is 6.72. The van der Waals surface area contributed by atoms with Gasteiger partial charge in [-0.15, -0.1) is 0 Å². The molecule has 0 spiro atoms. The Morgan fingerprint density at radius 3 is 2.93 bits per heavy atom. The van der Waals surface area contributed by atoms with Gasteiger partial charge in [-0.2, -0.15) is 0 Å². The Morgan fingerprint density at radius 2 is 2.21 bits per heavy atom. The Bertz CT molecular complexity index is 546. The summed E-state index contributed by atoms with van der Waals surface area (Å²) in [5.41, 5.74) is 1.41. The van der Waals surface area contributed by atoms with Gasteiger partial charge < -0.3 is 0 Å². The average Bonchev–Trinajstić information content (AvgIpc) is 2.23. The molecule has 0 amide bonds. The molecular formula is C10H4ClIN2. The third-order valence-electron chi connectivity index (χ3n) is 1.87. The number of aromatic nitrogens is 1. The molecule has 68 valence electrons. The molecule has 2 rings (SSSR count). The molecule has 2 aromatic rings. The summed E-state index contributed by atoms with van der Waals surface area (Å²) in [6.45, 7) is 6.90. The monoisotopic (exact) mass is 314 g/mol. The minimum absolute atomic E-state index is 0.586. The lowest BCUT2D eigenvalue weighted by molar-refractivity contribution is 1.39. The van der Waals surface area contributed by atoms with Crippen molar-refractivity contribution in [2.45, 2.75) is 0 Å². The summed E-state index contributed by atoms with van der Waals surface area (Å²) in [4.78, 5) is 7.57. The second-order valence-corrected chi connectivity index (χ2v) is 4.27. The van der Waals surface area contributed by atoms with E-state index < -0.39 is 0 Å². The molecule has 4 heteroatoms. The van der Waals surface area contributed by atoms with E-state index in [1.54, 1.807) is 18.3 Å². The maximum atomic E-state index is 6.90.